The molecule has 1 aliphatic heterocycles. The Hall–Kier alpha value is -5.61. The smallest absolute Gasteiger partial charge is 0.338 e. The minimum absolute atomic E-state index is 0.00359. The average molecular weight is 848 g/mol. The molecular weight excluding hydrogens is 797 g/mol. The van der Waals surface area contributed by atoms with Crippen molar-refractivity contribution in [3.63, 3.8) is 0 Å². The second-order valence-electron chi connectivity index (χ2n) is 17.8. The summed E-state index contributed by atoms with van der Waals surface area (Å²) in [6.45, 7) is 7.35. The van der Waals surface area contributed by atoms with Crippen LogP contribution in [0.15, 0.2) is 114 Å². The van der Waals surface area contributed by atoms with E-state index in [9.17, 15) is 39.3 Å². The number of hydrogen-bond donors (Lipinski definition) is 4. The second-order valence-corrected chi connectivity index (χ2v) is 17.8. The number of esters is 4. The van der Waals surface area contributed by atoms with Gasteiger partial charge in [-0.2, -0.15) is 0 Å². The van der Waals surface area contributed by atoms with Gasteiger partial charge in [0.1, 0.15) is 37.9 Å². The van der Waals surface area contributed by atoms with E-state index in [4.69, 9.17) is 23.7 Å². The molecule has 8 rings (SSSR count). The Morgan fingerprint density at radius 2 is 1.45 bits per heavy atom. The first-order valence-corrected chi connectivity index (χ1v) is 20.7. The summed E-state index contributed by atoms with van der Waals surface area (Å²) in [7, 11) is 1.68. The van der Waals surface area contributed by atoms with Crippen LogP contribution < -0.4 is 5.32 Å². The number of nitrogens with one attached hydrogen (secondary N) is 1. The summed E-state index contributed by atoms with van der Waals surface area (Å²) in [5.74, 6) is -3.91. The first-order chi connectivity index (χ1) is 29.3. The van der Waals surface area contributed by atoms with Gasteiger partial charge in [0.2, 0.25) is 0 Å². The molecule has 62 heavy (non-hydrogen) atoms. The Labute approximate surface area is 359 Å². The van der Waals surface area contributed by atoms with Gasteiger partial charge in [0.05, 0.1) is 24.3 Å². The highest BCUT2D eigenvalue weighted by Gasteiger charge is 2.86. The van der Waals surface area contributed by atoms with Gasteiger partial charge in [-0.05, 0) is 53.5 Å². The van der Waals surface area contributed by atoms with Gasteiger partial charge in [0.25, 0.3) is 5.91 Å². The van der Waals surface area contributed by atoms with Gasteiger partial charge in [-0.1, -0.05) is 86.7 Å². The third kappa shape index (κ3) is 6.34. The Kier molecular flexibility index (Phi) is 10.6. The molecule has 4 N–H and O–H groups in total. The molecule has 1 amide bonds. The summed E-state index contributed by atoms with van der Waals surface area (Å²) in [4.78, 5) is 68.5. The van der Waals surface area contributed by atoms with Crippen molar-refractivity contribution in [3.05, 3.63) is 130 Å². The van der Waals surface area contributed by atoms with E-state index in [1.807, 2.05) is 0 Å². The van der Waals surface area contributed by atoms with E-state index in [2.05, 4.69) is 5.32 Å². The number of amides is 1. The molecule has 14 nitrogen and oxygen atoms in total. The van der Waals surface area contributed by atoms with Gasteiger partial charge in [-0.15, -0.1) is 0 Å². The third-order valence-corrected chi connectivity index (χ3v) is 14.3. The molecule has 4 unspecified atom stereocenters. The number of carbonyl (C=O) groups is 5. The highest BCUT2D eigenvalue weighted by atomic mass is 16.6. The van der Waals surface area contributed by atoms with Crippen molar-refractivity contribution in [1.29, 1.82) is 0 Å². The van der Waals surface area contributed by atoms with Crippen LogP contribution >= 0.6 is 0 Å². The maximum Gasteiger partial charge on any atom is 0.338 e. The fourth-order valence-electron chi connectivity index (χ4n) is 11.1. The van der Waals surface area contributed by atoms with Crippen LogP contribution in [0.4, 0.5) is 0 Å². The summed E-state index contributed by atoms with van der Waals surface area (Å²) in [5, 5.41) is 39.0. The van der Waals surface area contributed by atoms with E-state index in [1.165, 1.54) is 13.8 Å². The lowest BCUT2D eigenvalue weighted by molar-refractivity contribution is -0.330. The Morgan fingerprint density at radius 3 is 2.02 bits per heavy atom. The van der Waals surface area contributed by atoms with Crippen molar-refractivity contribution in [2.75, 3.05) is 6.61 Å². The van der Waals surface area contributed by atoms with Crippen LogP contribution in [0.25, 0.3) is 0 Å². The molecule has 1 saturated heterocycles. The lowest BCUT2D eigenvalue weighted by Crippen LogP contribution is -2.81. The molecule has 11 atom stereocenters. The molecule has 0 radical (unpaired) electrons. The van der Waals surface area contributed by atoms with Gasteiger partial charge in [-0.3, -0.25) is 14.4 Å². The van der Waals surface area contributed by atoms with Crippen molar-refractivity contribution in [2.24, 2.45) is 10.8 Å². The lowest BCUT2D eigenvalue weighted by atomic mass is 9.35. The second kappa shape index (κ2) is 15.3. The number of carbonyl (C=O) groups excluding carboxylic acids is 5. The molecule has 3 fully saturated rings. The van der Waals surface area contributed by atoms with E-state index in [-0.39, 0.29) is 24.2 Å². The minimum atomic E-state index is -2.27. The molecule has 0 aromatic heterocycles. The number of ether oxygens (including phenoxy) is 5. The Bertz CT molecular complexity index is 2370. The zero-order valence-corrected chi connectivity index (χ0v) is 35.3. The van der Waals surface area contributed by atoms with Crippen molar-refractivity contribution in [3.8, 4) is 0 Å². The van der Waals surface area contributed by atoms with E-state index >= 15 is 0 Å². The predicted octanol–water partition coefficient (Wildman–Crippen LogP) is 3.26. The number of rotatable bonds is 10. The van der Waals surface area contributed by atoms with Crippen LogP contribution in [0, 0.1) is 10.8 Å². The topological polar surface area (TPSA) is 204 Å². The molecule has 1 spiro atoms. The monoisotopic (exact) mass is 847 g/mol. The van der Waals surface area contributed by atoms with Crippen LogP contribution in [0.1, 0.15) is 79.8 Å². The molecule has 324 valence electrons. The standard InChI is InChI=1S/C47H50BNO13/c1-25-32(60-41(56)37(53)36(28-15-9-6-10-16-28)49-39(54)29-17-11-7-12-18-29)23-45(57)42(61-40(55)30-19-13-8-14-20-30)47(48)44(33(52)21-34-46(47,24-58-34)62-27(3)51)22-31(44)38(59-26(2)50)35(25)43(45,4)5/h6-20,22,32-34,36-38,42,52-53,57H,21,23-24,48H2,1-5H3,(H,49,54)/t32?,33-,34+,36?,37?,38-,42?,44+,45+,46-,47+/m0/s1. The molecule has 2 saturated carbocycles. The minimum Gasteiger partial charge on any atom is -0.456 e. The first kappa shape index (κ1) is 43.1. The van der Waals surface area contributed by atoms with Gasteiger partial charge < -0.3 is 44.3 Å². The molecule has 2 bridgehead atoms. The first-order valence-electron chi connectivity index (χ1n) is 20.7. The zero-order valence-electron chi connectivity index (χ0n) is 35.3. The quantitative estimate of drug-likeness (QED) is 0.100. The Morgan fingerprint density at radius 1 is 0.855 bits per heavy atom. The molecular formula is C47H50BNO13. The van der Waals surface area contributed by atoms with E-state index < -0.39 is 106 Å². The molecule has 1 heterocycles. The van der Waals surface area contributed by atoms with Crippen LogP contribution in [0.2, 0.25) is 5.31 Å². The van der Waals surface area contributed by atoms with Crippen molar-refractivity contribution in [2.45, 2.75) is 107 Å². The van der Waals surface area contributed by atoms with Crippen LogP contribution in [-0.4, -0.2) is 107 Å². The number of fused-ring (bicyclic) bond motifs is 4. The molecule has 3 aromatic carbocycles. The van der Waals surface area contributed by atoms with E-state index in [1.54, 1.807) is 126 Å². The van der Waals surface area contributed by atoms with E-state index in [0.717, 1.165) is 0 Å². The van der Waals surface area contributed by atoms with Crippen molar-refractivity contribution < 1.29 is 63.0 Å². The van der Waals surface area contributed by atoms with Crippen LogP contribution in [0.5, 0.6) is 0 Å². The zero-order chi connectivity index (χ0) is 44.6. The molecule has 4 aliphatic carbocycles. The highest BCUT2D eigenvalue weighted by molar-refractivity contribution is 6.20. The SMILES string of the molecule is B[C@]12C(OC(=O)c3ccccc3)[C@]3(O)CC(OC(=O)C(O)C(NC(=O)c4ccccc4)c4ccccc4)C(C)=C([C@@H](OC(C)=O)C4=C[C@]41[C@@H](O)C[C@H]1OC[C@]12OC(C)=O)C3(C)C. The number of benzene rings is 3. The maximum absolute atomic E-state index is 14.4. The van der Waals surface area contributed by atoms with Gasteiger partial charge in [0, 0.05) is 48.4 Å². The fraction of sp³-hybridized carbons (Fsp3) is 0.426. The molecule has 5 aliphatic rings. The van der Waals surface area contributed by atoms with Crippen LogP contribution in [0.3, 0.4) is 0 Å². The average Bonchev–Trinajstić information content (AvgIpc) is 4.00. The summed E-state index contributed by atoms with van der Waals surface area (Å²) in [5.41, 5.74) is -4.86. The third-order valence-electron chi connectivity index (χ3n) is 14.3. The highest BCUT2D eigenvalue weighted by Crippen LogP contribution is 2.80. The maximum atomic E-state index is 14.4. The van der Waals surface area contributed by atoms with Gasteiger partial charge in [-0.25, -0.2) is 9.59 Å². The largest absolute Gasteiger partial charge is 0.456 e. The predicted molar refractivity (Wildman–Crippen MR) is 223 cm³/mol. The number of hydrogen-bond acceptors (Lipinski definition) is 13. The summed E-state index contributed by atoms with van der Waals surface area (Å²) >= 11 is 0. The molecule has 15 heteroatoms. The van der Waals surface area contributed by atoms with Crippen LogP contribution in [-0.2, 0) is 38.1 Å². The summed E-state index contributed by atoms with van der Waals surface area (Å²) in [6, 6.07) is 23.5. The lowest BCUT2D eigenvalue weighted by Gasteiger charge is -2.70. The Balaban J connectivity index is 1.28. The summed E-state index contributed by atoms with van der Waals surface area (Å²) in [6.07, 6.45) is -7.08. The van der Waals surface area contributed by atoms with Gasteiger partial charge >= 0.3 is 23.9 Å². The fourth-order valence-corrected chi connectivity index (χ4v) is 11.1. The molecule has 3 aromatic rings. The van der Waals surface area contributed by atoms with Crippen molar-refractivity contribution >= 4 is 37.6 Å². The van der Waals surface area contributed by atoms with E-state index in [0.29, 0.717) is 22.3 Å². The number of aliphatic hydroxyl groups excluding tert-OH is 2. The summed E-state index contributed by atoms with van der Waals surface area (Å²) < 4.78 is 31.2. The van der Waals surface area contributed by atoms with Gasteiger partial charge in [0.15, 0.2) is 11.7 Å². The van der Waals surface area contributed by atoms with Crippen molar-refractivity contribution in [1.82, 2.24) is 5.32 Å². The number of aliphatic hydroxyl groups is 3. The normalized spacial score (nSPS) is 33.4.